The number of aliphatic hydroxyl groups excluding tert-OH is 1. The largest absolute Gasteiger partial charge is 0.377 e. The Morgan fingerprint density at radius 3 is 1.48 bits per heavy atom. The molecule has 0 aliphatic heterocycles. The van der Waals surface area contributed by atoms with Gasteiger partial charge in [0.2, 0.25) is 0 Å². The molecule has 0 unspecified atom stereocenters. The average molecular weight is 372 g/mol. The highest BCUT2D eigenvalue weighted by molar-refractivity contribution is 6.30. The maximum Gasteiger partial charge on any atom is 0.152 e. The number of rotatable bonds is 3. The molecule has 3 rings (SSSR count). The lowest BCUT2D eigenvalue weighted by atomic mass is 10.0. The summed E-state index contributed by atoms with van der Waals surface area (Å²) < 4.78 is 0. The van der Waals surface area contributed by atoms with E-state index in [0.29, 0.717) is 10.0 Å². The molecule has 2 nitrogen and oxygen atoms in total. The number of nitrogens with zero attached hydrogens (tertiary/aromatic N) is 1. The van der Waals surface area contributed by atoms with Gasteiger partial charge in [-0.05, 0) is 47.5 Å². The first-order valence-corrected chi connectivity index (χ1v) is 8.40. The predicted molar refractivity (Wildman–Crippen MR) is 106 cm³/mol. The molecule has 4 heteroatoms. The van der Waals surface area contributed by atoms with Gasteiger partial charge in [0.15, 0.2) is 6.10 Å². The van der Waals surface area contributed by atoms with E-state index >= 15 is 0 Å². The van der Waals surface area contributed by atoms with Crippen LogP contribution < -0.4 is 4.90 Å². The van der Waals surface area contributed by atoms with E-state index in [4.69, 9.17) is 23.2 Å². The van der Waals surface area contributed by atoms with Crippen LogP contribution in [0.4, 0.5) is 5.69 Å². The minimum Gasteiger partial charge on any atom is -0.377 e. The Bertz CT molecular complexity index is 711. The van der Waals surface area contributed by atoms with Gasteiger partial charge in [0.05, 0.1) is 0 Å². The number of anilines is 1. The van der Waals surface area contributed by atoms with Crippen LogP contribution in [-0.4, -0.2) is 12.2 Å². The van der Waals surface area contributed by atoms with Crippen LogP contribution in [0, 0.1) is 13.2 Å². The third kappa shape index (κ3) is 6.09. The van der Waals surface area contributed by atoms with Gasteiger partial charge in [0, 0.05) is 29.8 Å². The van der Waals surface area contributed by atoms with Crippen LogP contribution in [0.3, 0.4) is 0 Å². The first-order chi connectivity index (χ1) is 12.0. The molecule has 0 aliphatic carbocycles. The molecule has 0 heterocycles. The summed E-state index contributed by atoms with van der Waals surface area (Å²) in [5, 5.41) is 11.3. The van der Waals surface area contributed by atoms with Gasteiger partial charge in [-0.25, -0.2) is 0 Å². The number of hydrogen-bond donors (Lipinski definition) is 1. The fraction of sp³-hybridized carbons (Fsp3) is 0.0476. The molecule has 0 bridgehead atoms. The molecule has 0 aromatic heterocycles. The summed E-state index contributed by atoms with van der Waals surface area (Å²) in [6.07, 6.45) is 0.216. The van der Waals surface area contributed by atoms with E-state index in [1.165, 1.54) is 0 Å². The lowest BCUT2D eigenvalue weighted by molar-refractivity contribution is 0.356. The Morgan fingerprint density at radius 1 is 0.760 bits per heavy atom. The second-order valence-corrected chi connectivity index (χ2v) is 6.27. The van der Waals surface area contributed by atoms with Crippen LogP contribution in [0.5, 0.6) is 0 Å². The van der Waals surface area contributed by atoms with Crippen molar-refractivity contribution in [3.63, 3.8) is 0 Å². The third-order valence-corrected chi connectivity index (χ3v) is 3.94. The molecule has 0 atom stereocenters. The van der Waals surface area contributed by atoms with E-state index in [9.17, 15) is 5.11 Å². The number of aliphatic hydroxyl groups is 1. The maximum absolute atomic E-state index is 10.0. The van der Waals surface area contributed by atoms with Crippen molar-refractivity contribution in [3.05, 3.63) is 113 Å². The Balaban J connectivity index is 0.000000212. The van der Waals surface area contributed by atoms with Crippen molar-refractivity contribution in [1.82, 2.24) is 0 Å². The summed E-state index contributed by atoms with van der Waals surface area (Å²) >= 11 is 11.5. The van der Waals surface area contributed by atoms with E-state index in [0.717, 1.165) is 16.8 Å². The zero-order valence-corrected chi connectivity index (χ0v) is 15.4. The molecule has 0 spiro atoms. The molecule has 2 radical (unpaired) electrons. The first-order valence-electron chi connectivity index (χ1n) is 7.64. The van der Waals surface area contributed by atoms with Crippen molar-refractivity contribution in [2.75, 3.05) is 11.9 Å². The quantitative estimate of drug-likeness (QED) is 0.591. The van der Waals surface area contributed by atoms with E-state index in [2.05, 4.69) is 7.05 Å². The monoisotopic (exact) mass is 371 g/mol. The van der Waals surface area contributed by atoms with Crippen LogP contribution in [0.2, 0.25) is 10.0 Å². The topological polar surface area (TPSA) is 23.5 Å². The molecule has 25 heavy (non-hydrogen) atoms. The molecule has 3 aromatic carbocycles. The number of hydrogen-bond acceptors (Lipinski definition) is 2. The zero-order chi connectivity index (χ0) is 18.2. The van der Waals surface area contributed by atoms with E-state index in [1.54, 1.807) is 48.5 Å². The Morgan fingerprint density at radius 2 is 1.16 bits per heavy atom. The molecule has 0 amide bonds. The van der Waals surface area contributed by atoms with E-state index < -0.39 is 0 Å². The highest BCUT2D eigenvalue weighted by Gasteiger charge is 2.11. The van der Waals surface area contributed by atoms with Gasteiger partial charge in [-0.1, -0.05) is 65.7 Å². The van der Waals surface area contributed by atoms with Gasteiger partial charge in [-0.15, -0.1) is 0 Å². The average Bonchev–Trinajstić information content (AvgIpc) is 2.64. The highest BCUT2D eigenvalue weighted by atomic mass is 35.5. The molecule has 0 saturated heterocycles. The lowest BCUT2D eigenvalue weighted by Crippen LogP contribution is -2.04. The molecular weight excluding hydrogens is 353 g/mol. The standard InChI is InChI=1S/C13H9Cl2O.C8H10N/c14-11-5-1-9(2-6-11)13(16)10-3-7-12(15)8-4-10;1-9(2)8-6-4-3-5-7-8/h1-8,16H;3-7H,1H2,2H3. The van der Waals surface area contributed by atoms with Crippen LogP contribution >= 0.6 is 23.2 Å². The Kier molecular flexibility index (Phi) is 7.32. The highest BCUT2D eigenvalue weighted by Crippen LogP contribution is 2.23. The smallest absolute Gasteiger partial charge is 0.152 e. The van der Waals surface area contributed by atoms with Crippen molar-refractivity contribution in [1.29, 1.82) is 0 Å². The maximum atomic E-state index is 10.0. The van der Waals surface area contributed by atoms with Crippen LogP contribution in [0.15, 0.2) is 78.9 Å². The van der Waals surface area contributed by atoms with Gasteiger partial charge in [-0.2, -0.15) is 0 Å². The summed E-state index contributed by atoms with van der Waals surface area (Å²) in [6.45, 7) is 0. The van der Waals surface area contributed by atoms with Gasteiger partial charge < -0.3 is 10.0 Å². The molecule has 0 saturated carbocycles. The van der Waals surface area contributed by atoms with E-state index in [1.807, 2.05) is 42.3 Å². The lowest BCUT2D eigenvalue weighted by Gasteiger charge is -2.09. The van der Waals surface area contributed by atoms with Crippen molar-refractivity contribution in [3.8, 4) is 0 Å². The summed E-state index contributed by atoms with van der Waals surface area (Å²) in [6, 6.07) is 24.1. The Labute approximate surface area is 159 Å². The number of para-hydroxylation sites is 1. The molecule has 0 fully saturated rings. The minimum absolute atomic E-state index is 0.216. The molecule has 3 aromatic rings. The minimum atomic E-state index is 0.216. The van der Waals surface area contributed by atoms with Gasteiger partial charge in [0.25, 0.3) is 0 Å². The van der Waals surface area contributed by atoms with Crippen LogP contribution in [-0.2, 0) is 0 Å². The first kappa shape index (κ1) is 19.3. The van der Waals surface area contributed by atoms with Crippen LogP contribution in [0.25, 0.3) is 0 Å². The molecule has 128 valence electrons. The molecular formula is C21H19Cl2NO. The van der Waals surface area contributed by atoms with Crippen molar-refractivity contribution in [2.24, 2.45) is 0 Å². The second-order valence-electron chi connectivity index (χ2n) is 5.40. The predicted octanol–water partition coefficient (Wildman–Crippen LogP) is 6.21. The van der Waals surface area contributed by atoms with Gasteiger partial charge in [0.1, 0.15) is 0 Å². The van der Waals surface area contributed by atoms with Gasteiger partial charge >= 0.3 is 0 Å². The number of benzene rings is 3. The zero-order valence-electron chi connectivity index (χ0n) is 13.9. The summed E-state index contributed by atoms with van der Waals surface area (Å²) in [5.74, 6) is 0. The SMILES string of the molecule is O[C](c1ccc(Cl)cc1)c1ccc(Cl)cc1.[CH2]N(C)c1ccccc1. The normalized spacial score (nSPS) is 10.2. The molecule has 0 aliphatic rings. The van der Waals surface area contributed by atoms with Crippen molar-refractivity contribution >= 4 is 28.9 Å². The van der Waals surface area contributed by atoms with Gasteiger partial charge in [-0.3, -0.25) is 0 Å². The number of halogens is 2. The fourth-order valence-electron chi connectivity index (χ4n) is 2.06. The summed E-state index contributed by atoms with van der Waals surface area (Å²) in [7, 11) is 5.67. The molecule has 1 N–H and O–H groups in total. The third-order valence-electron chi connectivity index (χ3n) is 3.43. The van der Waals surface area contributed by atoms with Crippen LogP contribution in [0.1, 0.15) is 11.1 Å². The summed E-state index contributed by atoms with van der Waals surface area (Å²) in [5.41, 5.74) is 2.59. The van der Waals surface area contributed by atoms with Crippen molar-refractivity contribution in [2.45, 2.75) is 0 Å². The fourth-order valence-corrected chi connectivity index (χ4v) is 2.32. The summed E-state index contributed by atoms with van der Waals surface area (Å²) in [4.78, 5) is 1.83. The Hall–Kier alpha value is -2.00. The second kappa shape index (κ2) is 9.47. The van der Waals surface area contributed by atoms with E-state index in [-0.39, 0.29) is 6.10 Å². The van der Waals surface area contributed by atoms with Crippen molar-refractivity contribution < 1.29 is 5.11 Å².